The number of aliphatic hydroxyl groups excluding tert-OH is 1. The SMILES string of the molecule is OC(CCC1CC1)c1ccc2c(c1)CCC2. The van der Waals surface area contributed by atoms with Gasteiger partial charge in [-0.05, 0) is 54.7 Å². The number of aliphatic hydroxyl groups is 1. The van der Waals surface area contributed by atoms with Gasteiger partial charge in [-0.2, -0.15) is 0 Å². The zero-order valence-corrected chi connectivity index (χ0v) is 9.78. The van der Waals surface area contributed by atoms with Crippen molar-refractivity contribution in [1.82, 2.24) is 0 Å². The van der Waals surface area contributed by atoms with Gasteiger partial charge in [0, 0.05) is 0 Å². The van der Waals surface area contributed by atoms with E-state index in [0.717, 1.165) is 17.9 Å². The second-order valence-corrected chi connectivity index (χ2v) is 5.42. The summed E-state index contributed by atoms with van der Waals surface area (Å²) in [6.45, 7) is 0. The van der Waals surface area contributed by atoms with Crippen LogP contribution < -0.4 is 0 Å². The van der Waals surface area contributed by atoms with Gasteiger partial charge in [0.2, 0.25) is 0 Å². The van der Waals surface area contributed by atoms with Crippen LogP contribution in [0.3, 0.4) is 0 Å². The molecule has 1 saturated carbocycles. The third kappa shape index (κ3) is 2.15. The summed E-state index contributed by atoms with van der Waals surface area (Å²) in [5.41, 5.74) is 4.11. The lowest BCUT2D eigenvalue weighted by Crippen LogP contribution is -1.99. The van der Waals surface area contributed by atoms with Gasteiger partial charge in [-0.15, -0.1) is 0 Å². The maximum Gasteiger partial charge on any atom is 0.0790 e. The van der Waals surface area contributed by atoms with Crippen molar-refractivity contribution in [2.75, 3.05) is 0 Å². The van der Waals surface area contributed by atoms with Crippen molar-refractivity contribution in [1.29, 1.82) is 0 Å². The molecule has 1 aromatic carbocycles. The Morgan fingerprint density at radius 1 is 1.19 bits per heavy atom. The summed E-state index contributed by atoms with van der Waals surface area (Å²) in [4.78, 5) is 0. The molecule has 1 fully saturated rings. The zero-order chi connectivity index (χ0) is 11.0. The summed E-state index contributed by atoms with van der Waals surface area (Å²) >= 11 is 0. The minimum Gasteiger partial charge on any atom is -0.388 e. The molecule has 1 atom stereocenters. The number of aryl methyl sites for hydroxylation is 2. The van der Waals surface area contributed by atoms with Gasteiger partial charge in [0.05, 0.1) is 6.10 Å². The van der Waals surface area contributed by atoms with E-state index in [-0.39, 0.29) is 6.10 Å². The van der Waals surface area contributed by atoms with Gasteiger partial charge in [0.1, 0.15) is 0 Å². The van der Waals surface area contributed by atoms with Crippen molar-refractivity contribution in [3.63, 3.8) is 0 Å². The Balaban J connectivity index is 1.67. The van der Waals surface area contributed by atoms with Crippen LogP contribution in [0, 0.1) is 5.92 Å². The molecule has 0 saturated heterocycles. The fraction of sp³-hybridized carbons (Fsp3) is 0.600. The van der Waals surface area contributed by atoms with E-state index in [1.54, 1.807) is 0 Å². The molecule has 2 aliphatic carbocycles. The zero-order valence-electron chi connectivity index (χ0n) is 9.78. The third-order valence-electron chi connectivity index (χ3n) is 4.05. The van der Waals surface area contributed by atoms with Crippen molar-refractivity contribution in [3.05, 3.63) is 34.9 Å². The van der Waals surface area contributed by atoms with Crippen LogP contribution in [-0.4, -0.2) is 5.11 Å². The first kappa shape index (κ1) is 10.3. The molecule has 1 nitrogen and oxygen atoms in total. The van der Waals surface area contributed by atoms with E-state index in [1.165, 1.54) is 49.7 Å². The largest absolute Gasteiger partial charge is 0.388 e. The van der Waals surface area contributed by atoms with Crippen LogP contribution in [-0.2, 0) is 12.8 Å². The van der Waals surface area contributed by atoms with Crippen LogP contribution in [0.1, 0.15) is 54.9 Å². The number of rotatable bonds is 4. The quantitative estimate of drug-likeness (QED) is 0.818. The Morgan fingerprint density at radius 2 is 2.00 bits per heavy atom. The molecule has 0 radical (unpaired) electrons. The maximum absolute atomic E-state index is 10.1. The fourth-order valence-electron chi connectivity index (χ4n) is 2.77. The van der Waals surface area contributed by atoms with E-state index in [4.69, 9.17) is 0 Å². The summed E-state index contributed by atoms with van der Waals surface area (Å²) < 4.78 is 0. The Kier molecular flexibility index (Phi) is 2.72. The summed E-state index contributed by atoms with van der Waals surface area (Å²) in [5.74, 6) is 0.920. The molecule has 0 amide bonds. The number of fused-ring (bicyclic) bond motifs is 1. The van der Waals surface area contributed by atoms with Gasteiger partial charge < -0.3 is 5.11 Å². The van der Waals surface area contributed by atoms with Gasteiger partial charge in [-0.3, -0.25) is 0 Å². The molecule has 1 heteroatoms. The highest BCUT2D eigenvalue weighted by molar-refractivity contribution is 5.36. The van der Waals surface area contributed by atoms with E-state index in [2.05, 4.69) is 18.2 Å². The highest BCUT2D eigenvalue weighted by atomic mass is 16.3. The molecule has 0 spiro atoms. The third-order valence-corrected chi connectivity index (χ3v) is 4.05. The van der Waals surface area contributed by atoms with Gasteiger partial charge in [0.15, 0.2) is 0 Å². The lowest BCUT2D eigenvalue weighted by atomic mass is 9.99. The molecule has 0 bridgehead atoms. The normalized spacial score (nSPS) is 20.8. The minimum atomic E-state index is -0.230. The first-order valence-corrected chi connectivity index (χ1v) is 6.63. The Morgan fingerprint density at radius 3 is 2.81 bits per heavy atom. The summed E-state index contributed by atoms with van der Waals surface area (Å²) in [6, 6.07) is 6.58. The number of hydrogen-bond donors (Lipinski definition) is 1. The van der Waals surface area contributed by atoms with E-state index in [0.29, 0.717) is 0 Å². The van der Waals surface area contributed by atoms with E-state index in [9.17, 15) is 5.11 Å². The standard InChI is InChI=1S/C15H20O/c16-15(9-6-11-4-5-11)14-8-7-12-2-1-3-13(12)10-14/h7-8,10-11,15-16H,1-6,9H2. The highest BCUT2D eigenvalue weighted by Gasteiger charge is 2.22. The van der Waals surface area contributed by atoms with Crippen LogP contribution in [0.2, 0.25) is 0 Å². The second kappa shape index (κ2) is 4.21. The van der Waals surface area contributed by atoms with Gasteiger partial charge >= 0.3 is 0 Å². The average molecular weight is 216 g/mol. The number of hydrogen-bond acceptors (Lipinski definition) is 1. The van der Waals surface area contributed by atoms with Crippen molar-refractivity contribution in [2.24, 2.45) is 5.92 Å². The lowest BCUT2D eigenvalue weighted by molar-refractivity contribution is 0.162. The molecule has 0 aliphatic heterocycles. The van der Waals surface area contributed by atoms with Crippen LogP contribution in [0.4, 0.5) is 0 Å². The van der Waals surface area contributed by atoms with Crippen molar-refractivity contribution in [2.45, 2.75) is 51.0 Å². The Hall–Kier alpha value is -0.820. The van der Waals surface area contributed by atoms with Crippen LogP contribution in [0.5, 0.6) is 0 Å². The molecular formula is C15H20O. The summed E-state index contributed by atoms with van der Waals surface area (Å²) in [6.07, 6.45) is 8.42. The molecule has 1 aromatic rings. The molecule has 1 N–H and O–H groups in total. The van der Waals surface area contributed by atoms with Crippen molar-refractivity contribution < 1.29 is 5.11 Å². The molecule has 0 aromatic heterocycles. The van der Waals surface area contributed by atoms with E-state index in [1.807, 2.05) is 0 Å². The van der Waals surface area contributed by atoms with Crippen molar-refractivity contribution in [3.8, 4) is 0 Å². The van der Waals surface area contributed by atoms with Gasteiger partial charge in [0.25, 0.3) is 0 Å². The smallest absolute Gasteiger partial charge is 0.0790 e. The summed E-state index contributed by atoms with van der Waals surface area (Å²) in [7, 11) is 0. The highest BCUT2D eigenvalue weighted by Crippen LogP contribution is 2.36. The molecule has 86 valence electrons. The van der Waals surface area contributed by atoms with E-state index < -0.39 is 0 Å². The predicted octanol–water partition coefficient (Wildman–Crippen LogP) is 3.40. The topological polar surface area (TPSA) is 20.2 Å². The summed E-state index contributed by atoms with van der Waals surface area (Å²) in [5, 5.41) is 10.1. The van der Waals surface area contributed by atoms with Crippen LogP contribution in [0.25, 0.3) is 0 Å². The fourth-order valence-corrected chi connectivity index (χ4v) is 2.77. The van der Waals surface area contributed by atoms with Crippen LogP contribution >= 0.6 is 0 Å². The maximum atomic E-state index is 10.1. The van der Waals surface area contributed by atoms with Crippen molar-refractivity contribution >= 4 is 0 Å². The number of benzene rings is 1. The average Bonchev–Trinajstić information content (AvgIpc) is 3.01. The molecular weight excluding hydrogens is 196 g/mol. The van der Waals surface area contributed by atoms with E-state index >= 15 is 0 Å². The minimum absolute atomic E-state index is 0.230. The van der Waals surface area contributed by atoms with Gasteiger partial charge in [-0.25, -0.2) is 0 Å². The Bertz CT molecular complexity index is 379. The molecule has 2 aliphatic rings. The monoisotopic (exact) mass is 216 g/mol. The first-order chi connectivity index (χ1) is 7.83. The lowest BCUT2D eigenvalue weighted by Gasteiger charge is -2.12. The molecule has 3 rings (SSSR count). The molecule has 1 unspecified atom stereocenters. The van der Waals surface area contributed by atoms with Crippen LogP contribution in [0.15, 0.2) is 18.2 Å². The predicted molar refractivity (Wildman–Crippen MR) is 65.4 cm³/mol. The van der Waals surface area contributed by atoms with Gasteiger partial charge in [-0.1, -0.05) is 31.0 Å². The molecule has 16 heavy (non-hydrogen) atoms. The second-order valence-electron chi connectivity index (χ2n) is 5.42. The molecule has 0 heterocycles. The first-order valence-electron chi connectivity index (χ1n) is 6.63. The Labute approximate surface area is 97.5 Å².